The molecule has 0 aliphatic carbocycles. The molecule has 1 aliphatic heterocycles. The molecule has 1 aromatic heterocycles. The molecule has 0 radical (unpaired) electrons. The van der Waals surface area contributed by atoms with Gasteiger partial charge in [0.15, 0.2) is 0 Å². The summed E-state index contributed by atoms with van der Waals surface area (Å²) in [6, 6.07) is 0. The topological polar surface area (TPSA) is 93.5 Å². The molecule has 2 rings (SSSR count). The Morgan fingerprint density at radius 2 is 2.32 bits per heavy atom. The van der Waals surface area contributed by atoms with Crippen molar-refractivity contribution in [3.05, 3.63) is 18.2 Å². The van der Waals surface area contributed by atoms with Crippen molar-refractivity contribution < 1.29 is 9.90 Å². The molecule has 1 aromatic rings. The molecule has 2 heterocycles. The van der Waals surface area contributed by atoms with Crippen LogP contribution in [-0.4, -0.2) is 33.0 Å². The van der Waals surface area contributed by atoms with E-state index in [0.717, 1.165) is 25.8 Å². The number of aliphatic carboxylic acids is 1. The fraction of sp³-hybridized carbons (Fsp3) is 0.688. The van der Waals surface area contributed by atoms with Gasteiger partial charge >= 0.3 is 5.97 Å². The Labute approximate surface area is 131 Å². The molecule has 122 valence electrons. The van der Waals surface area contributed by atoms with Gasteiger partial charge in [0.05, 0.1) is 17.9 Å². The van der Waals surface area contributed by atoms with Gasteiger partial charge in [0.2, 0.25) is 0 Å². The summed E-state index contributed by atoms with van der Waals surface area (Å²) < 4.78 is 1.99. The summed E-state index contributed by atoms with van der Waals surface area (Å²) in [7, 11) is 0. The summed E-state index contributed by atoms with van der Waals surface area (Å²) in [5, 5.41) is 9.53. The number of imidazole rings is 1. The lowest BCUT2D eigenvalue weighted by Gasteiger charge is -2.22. The first-order chi connectivity index (χ1) is 10.5. The molecule has 2 atom stereocenters. The number of carbonyl (C=O) groups is 1. The Bertz CT molecular complexity index is 536. The Balaban J connectivity index is 2.00. The maximum absolute atomic E-state index is 11.6. The van der Waals surface area contributed by atoms with Crippen molar-refractivity contribution >= 4 is 11.8 Å². The zero-order valence-electron chi connectivity index (χ0n) is 13.4. The molecule has 0 spiro atoms. The van der Waals surface area contributed by atoms with Crippen LogP contribution in [0.15, 0.2) is 17.5 Å². The van der Waals surface area contributed by atoms with E-state index in [-0.39, 0.29) is 5.92 Å². The number of nitrogens with two attached hydrogens (primary N) is 1. The van der Waals surface area contributed by atoms with Crippen LogP contribution in [0, 0.1) is 11.8 Å². The molecule has 0 saturated heterocycles. The van der Waals surface area contributed by atoms with Crippen LogP contribution in [-0.2, 0) is 11.3 Å². The normalized spacial score (nSPS) is 20.0. The summed E-state index contributed by atoms with van der Waals surface area (Å²) in [6.07, 6.45) is 6.93. The van der Waals surface area contributed by atoms with Gasteiger partial charge in [-0.2, -0.15) is 0 Å². The number of carboxylic acid groups (broad SMARTS) is 1. The molecule has 0 aromatic carbocycles. The molecule has 0 fully saturated rings. The first-order valence-electron chi connectivity index (χ1n) is 7.99. The molecule has 0 saturated carbocycles. The minimum absolute atomic E-state index is 0.272. The third-order valence-corrected chi connectivity index (χ3v) is 4.20. The number of aliphatic imine (C=N–C) groups is 1. The monoisotopic (exact) mass is 306 g/mol. The van der Waals surface area contributed by atoms with Crippen molar-refractivity contribution in [2.24, 2.45) is 22.6 Å². The van der Waals surface area contributed by atoms with Crippen molar-refractivity contribution in [1.29, 1.82) is 0 Å². The van der Waals surface area contributed by atoms with E-state index in [1.54, 1.807) is 6.33 Å². The highest BCUT2D eigenvalue weighted by Crippen LogP contribution is 2.27. The largest absolute Gasteiger partial charge is 0.481 e. The van der Waals surface area contributed by atoms with Crippen molar-refractivity contribution in [2.75, 3.05) is 6.54 Å². The molecule has 6 nitrogen and oxygen atoms in total. The van der Waals surface area contributed by atoms with E-state index < -0.39 is 11.9 Å². The molecular formula is C16H26N4O2. The summed E-state index contributed by atoms with van der Waals surface area (Å²) in [6.45, 7) is 5.85. The number of nitrogens with zero attached hydrogens (tertiary/aromatic N) is 3. The summed E-state index contributed by atoms with van der Waals surface area (Å²) >= 11 is 0. The second-order valence-electron chi connectivity index (χ2n) is 6.58. The van der Waals surface area contributed by atoms with Gasteiger partial charge in [-0.1, -0.05) is 13.8 Å². The van der Waals surface area contributed by atoms with Crippen LogP contribution in [0.1, 0.15) is 51.1 Å². The lowest BCUT2D eigenvalue weighted by atomic mass is 9.88. The number of aromatic nitrogens is 2. The van der Waals surface area contributed by atoms with Gasteiger partial charge in [0.25, 0.3) is 0 Å². The van der Waals surface area contributed by atoms with Gasteiger partial charge in [0, 0.05) is 25.7 Å². The lowest BCUT2D eigenvalue weighted by molar-refractivity contribution is -0.139. The van der Waals surface area contributed by atoms with Crippen LogP contribution in [0.4, 0.5) is 0 Å². The van der Waals surface area contributed by atoms with E-state index in [1.165, 1.54) is 0 Å². The summed E-state index contributed by atoms with van der Waals surface area (Å²) in [5.74, 6) is 0.207. The zero-order chi connectivity index (χ0) is 16.1. The molecular weight excluding hydrogens is 280 g/mol. The van der Waals surface area contributed by atoms with Crippen molar-refractivity contribution in [3.8, 4) is 0 Å². The van der Waals surface area contributed by atoms with Crippen LogP contribution in [0.2, 0.25) is 0 Å². The maximum Gasteiger partial charge on any atom is 0.312 e. The second kappa shape index (κ2) is 7.42. The fourth-order valence-corrected chi connectivity index (χ4v) is 2.73. The van der Waals surface area contributed by atoms with Crippen molar-refractivity contribution in [1.82, 2.24) is 9.55 Å². The van der Waals surface area contributed by atoms with Crippen LogP contribution >= 0.6 is 0 Å². The minimum atomic E-state index is -0.809. The van der Waals surface area contributed by atoms with Gasteiger partial charge in [0.1, 0.15) is 5.92 Å². The van der Waals surface area contributed by atoms with Gasteiger partial charge in [-0.05, 0) is 31.1 Å². The Hall–Kier alpha value is -1.85. The molecule has 3 N–H and O–H groups in total. The van der Waals surface area contributed by atoms with E-state index in [4.69, 9.17) is 5.73 Å². The second-order valence-corrected chi connectivity index (χ2v) is 6.58. The van der Waals surface area contributed by atoms with Crippen molar-refractivity contribution in [2.45, 2.75) is 52.0 Å². The highest BCUT2D eigenvalue weighted by Gasteiger charge is 2.27. The van der Waals surface area contributed by atoms with E-state index in [0.29, 0.717) is 30.4 Å². The third kappa shape index (κ3) is 4.58. The van der Waals surface area contributed by atoms with Crippen LogP contribution in [0.3, 0.4) is 0 Å². The molecule has 1 aliphatic rings. The van der Waals surface area contributed by atoms with Crippen LogP contribution in [0.25, 0.3) is 0 Å². The summed E-state index contributed by atoms with van der Waals surface area (Å²) in [4.78, 5) is 20.2. The standard InChI is InChI=1S/C16H26N4O2/c1-11(2)5-6-20-9-14(19-10-20)13(16(21)22)7-12-3-4-15(17)18-8-12/h9-13H,3-8H2,1-2H3,(H2,17,18)(H,21,22). The Morgan fingerprint density at radius 3 is 2.91 bits per heavy atom. The smallest absolute Gasteiger partial charge is 0.312 e. The van der Waals surface area contributed by atoms with Gasteiger partial charge in [-0.15, -0.1) is 0 Å². The van der Waals surface area contributed by atoms with E-state index in [2.05, 4.69) is 23.8 Å². The predicted molar refractivity (Wildman–Crippen MR) is 85.9 cm³/mol. The quantitative estimate of drug-likeness (QED) is 0.808. The number of rotatable bonds is 7. The van der Waals surface area contributed by atoms with Crippen LogP contribution in [0.5, 0.6) is 0 Å². The number of carboxylic acids is 1. The number of amidine groups is 1. The Kier molecular flexibility index (Phi) is 5.57. The van der Waals surface area contributed by atoms with Gasteiger partial charge < -0.3 is 15.4 Å². The predicted octanol–water partition coefficient (Wildman–Crippen LogP) is 2.25. The fourth-order valence-electron chi connectivity index (χ4n) is 2.73. The Morgan fingerprint density at radius 1 is 1.55 bits per heavy atom. The molecule has 2 unspecified atom stereocenters. The minimum Gasteiger partial charge on any atom is -0.481 e. The SMILES string of the molecule is CC(C)CCn1cnc(C(CC2CCC(N)=NC2)C(=O)O)c1. The first-order valence-corrected chi connectivity index (χ1v) is 7.99. The maximum atomic E-state index is 11.6. The van der Waals surface area contributed by atoms with Gasteiger partial charge in [-0.25, -0.2) is 4.98 Å². The first kappa shape index (κ1) is 16.5. The average Bonchev–Trinajstić information content (AvgIpc) is 2.92. The average molecular weight is 306 g/mol. The highest BCUT2D eigenvalue weighted by molar-refractivity contribution is 5.80. The number of hydrogen-bond donors (Lipinski definition) is 2. The van der Waals surface area contributed by atoms with Gasteiger partial charge in [-0.3, -0.25) is 9.79 Å². The van der Waals surface area contributed by atoms with Crippen LogP contribution < -0.4 is 5.73 Å². The summed E-state index contributed by atoms with van der Waals surface area (Å²) in [5.41, 5.74) is 6.33. The molecule has 0 amide bonds. The van der Waals surface area contributed by atoms with E-state index in [1.807, 2.05) is 10.8 Å². The highest BCUT2D eigenvalue weighted by atomic mass is 16.4. The van der Waals surface area contributed by atoms with Crippen molar-refractivity contribution in [3.63, 3.8) is 0 Å². The molecule has 22 heavy (non-hydrogen) atoms. The zero-order valence-corrected chi connectivity index (χ0v) is 13.4. The number of hydrogen-bond acceptors (Lipinski definition) is 4. The number of aryl methyl sites for hydroxylation is 1. The third-order valence-electron chi connectivity index (χ3n) is 4.20. The van der Waals surface area contributed by atoms with E-state index in [9.17, 15) is 9.90 Å². The lowest BCUT2D eigenvalue weighted by Crippen LogP contribution is -2.25. The van der Waals surface area contributed by atoms with E-state index >= 15 is 0 Å². The molecule has 0 bridgehead atoms. The molecule has 6 heteroatoms.